The number of hydrogen-bond donors (Lipinski definition) is 1. The van der Waals surface area contributed by atoms with Crippen LogP contribution in [-0.2, 0) is 19.6 Å². The fourth-order valence-electron chi connectivity index (χ4n) is 2.86. The number of nitrogens with zero attached hydrogens (tertiary/aromatic N) is 5. The van der Waals surface area contributed by atoms with Crippen LogP contribution in [0, 0.1) is 0 Å². The number of benzene rings is 2. The van der Waals surface area contributed by atoms with Crippen molar-refractivity contribution in [2.45, 2.75) is 19.6 Å². The molecule has 0 spiro atoms. The average molecular weight is 344 g/mol. The Morgan fingerprint density at radius 3 is 2.42 bits per heavy atom. The van der Waals surface area contributed by atoms with Crippen molar-refractivity contribution in [3.63, 3.8) is 0 Å². The smallest absolute Gasteiger partial charge is 0.151 e. The highest BCUT2D eigenvalue weighted by Crippen LogP contribution is 2.09. The molecule has 0 fully saturated rings. The predicted octanol–water partition coefficient (Wildman–Crippen LogP) is 2.80. The summed E-state index contributed by atoms with van der Waals surface area (Å²) in [5.74, 6) is 0.882. The van der Waals surface area contributed by atoms with Crippen LogP contribution in [0.3, 0.4) is 0 Å². The first-order valence-electron chi connectivity index (χ1n) is 8.59. The molecule has 2 heterocycles. The molecule has 0 saturated carbocycles. The van der Waals surface area contributed by atoms with Gasteiger partial charge in [0.25, 0.3) is 0 Å². The van der Waals surface area contributed by atoms with Crippen LogP contribution < -0.4 is 5.32 Å². The number of nitrogens with one attached hydrogen (secondary N) is 1. The van der Waals surface area contributed by atoms with E-state index in [4.69, 9.17) is 0 Å². The highest BCUT2D eigenvalue weighted by atomic mass is 15.3. The van der Waals surface area contributed by atoms with Crippen molar-refractivity contribution in [3.8, 4) is 5.69 Å². The van der Waals surface area contributed by atoms with Crippen molar-refractivity contribution in [1.82, 2.24) is 29.9 Å². The molecule has 0 saturated heterocycles. The fraction of sp³-hybridized carbons (Fsp3) is 0.150. The Morgan fingerprint density at radius 2 is 1.62 bits per heavy atom. The van der Waals surface area contributed by atoms with Crippen LogP contribution in [0.5, 0.6) is 0 Å². The van der Waals surface area contributed by atoms with Gasteiger partial charge in [0.1, 0.15) is 6.33 Å². The van der Waals surface area contributed by atoms with Gasteiger partial charge < -0.3 is 5.32 Å². The Balaban J connectivity index is 1.34. The molecule has 0 aliphatic heterocycles. The van der Waals surface area contributed by atoms with Crippen molar-refractivity contribution in [1.29, 1.82) is 0 Å². The molecule has 4 rings (SSSR count). The summed E-state index contributed by atoms with van der Waals surface area (Å²) in [6.45, 7) is 2.15. The maximum atomic E-state index is 4.44. The van der Waals surface area contributed by atoms with Gasteiger partial charge in [-0.15, -0.1) is 10.2 Å². The lowest BCUT2D eigenvalue weighted by Crippen LogP contribution is -2.16. The second kappa shape index (κ2) is 7.76. The molecular weight excluding hydrogens is 324 g/mol. The third-order valence-corrected chi connectivity index (χ3v) is 4.14. The Labute approximate surface area is 152 Å². The van der Waals surface area contributed by atoms with Gasteiger partial charge in [-0.05, 0) is 17.7 Å². The van der Waals surface area contributed by atoms with Gasteiger partial charge in [0, 0.05) is 24.0 Å². The Hall–Kier alpha value is -3.25. The molecule has 0 aliphatic rings. The third kappa shape index (κ3) is 3.87. The second-order valence-electron chi connectivity index (χ2n) is 6.09. The summed E-state index contributed by atoms with van der Waals surface area (Å²) in [4.78, 5) is 0. The minimum absolute atomic E-state index is 0.638. The zero-order valence-corrected chi connectivity index (χ0v) is 14.4. The Kier molecular flexibility index (Phi) is 4.84. The lowest BCUT2D eigenvalue weighted by Gasteiger charge is -2.07. The Bertz CT molecular complexity index is 943. The van der Waals surface area contributed by atoms with E-state index in [9.17, 15) is 0 Å². The molecule has 0 aliphatic carbocycles. The van der Waals surface area contributed by atoms with Crippen molar-refractivity contribution in [3.05, 3.63) is 96.3 Å². The zero-order chi connectivity index (χ0) is 17.6. The quantitative estimate of drug-likeness (QED) is 0.560. The maximum absolute atomic E-state index is 4.44. The van der Waals surface area contributed by atoms with Crippen molar-refractivity contribution >= 4 is 0 Å². The van der Waals surface area contributed by atoms with Crippen molar-refractivity contribution in [2.75, 3.05) is 0 Å². The molecule has 0 unspecified atom stereocenters. The molecule has 2 aromatic heterocycles. The monoisotopic (exact) mass is 344 g/mol. The Morgan fingerprint density at radius 1 is 0.846 bits per heavy atom. The summed E-state index contributed by atoms with van der Waals surface area (Å²) < 4.78 is 3.95. The SMILES string of the molecule is c1ccc(Cn2cc(CNCc3nncn3-c3ccccc3)cn2)cc1. The number of para-hydroxylation sites is 1. The van der Waals surface area contributed by atoms with Crippen LogP contribution in [0.4, 0.5) is 0 Å². The number of rotatable bonds is 7. The number of hydrogen-bond acceptors (Lipinski definition) is 4. The van der Waals surface area contributed by atoms with Crippen molar-refractivity contribution < 1.29 is 0 Å². The van der Waals surface area contributed by atoms with Gasteiger partial charge in [-0.3, -0.25) is 9.25 Å². The lowest BCUT2D eigenvalue weighted by molar-refractivity contribution is 0.648. The standard InChI is InChI=1S/C20H20N6/c1-3-7-17(8-4-1)14-25-15-18(12-23-25)11-21-13-20-24-22-16-26(20)19-9-5-2-6-10-19/h1-10,12,15-16,21H,11,13-14H2. The third-order valence-electron chi connectivity index (χ3n) is 4.14. The normalized spacial score (nSPS) is 10.9. The highest BCUT2D eigenvalue weighted by Gasteiger charge is 2.06. The average Bonchev–Trinajstić information content (AvgIpc) is 3.33. The highest BCUT2D eigenvalue weighted by molar-refractivity contribution is 5.31. The number of aromatic nitrogens is 5. The van der Waals surface area contributed by atoms with Crippen LogP contribution in [0.1, 0.15) is 17.0 Å². The van der Waals surface area contributed by atoms with E-state index in [0.717, 1.165) is 30.2 Å². The van der Waals surface area contributed by atoms with Gasteiger partial charge in [-0.2, -0.15) is 5.10 Å². The van der Waals surface area contributed by atoms with Gasteiger partial charge in [0.2, 0.25) is 0 Å². The van der Waals surface area contributed by atoms with Crippen LogP contribution in [-0.4, -0.2) is 24.5 Å². The molecule has 26 heavy (non-hydrogen) atoms. The maximum Gasteiger partial charge on any atom is 0.151 e. The summed E-state index contributed by atoms with van der Waals surface area (Å²) in [6.07, 6.45) is 5.71. The van der Waals surface area contributed by atoms with Gasteiger partial charge in [-0.25, -0.2) is 0 Å². The topological polar surface area (TPSA) is 60.6 Å². The minimum atomic E-state index is 0.638. The van der Waals surface area contributed by atoms with Gasteiger partial charge in [-0.1, -0.05) is 48.5 Å². The molecule has 4 aromatic rings. The molecule has 1 N–H and O–H groups in total. The van der Waals surface area contributed by atoms with Crippen molar-refractivity contribution in [2.24, 2.45) is 0 Å². The molecule has 6 heteroatoms. The first kappa shape index (κ1) is 16.2. The summed E-state index contributed by atoms with van der Waals surface area (Å²) in [7, 11) is 0. The lowest BCUT2D eigenvalue weighted by atomic mass is 10.2. The van der Waals surface area contributed by atoms with Gasteiger partial charge in [0.05, 0.1) is 19.3 Å². The molecule has 0 atom stereocenters. The van der Waals surface area contributed by atoms with E-state index < -0.39 is 0 Å². The zero-order valence-electron chi connectivity index (χ0n) is 14.4. The van der Waals surface area contributed by atoms with E-state index in [0.29, 0.717) is 6.54 Å². The van der Waals surface area contributed by atoms with E-state index >= 15 is 0 Å². The summed E-state index contributed by atoms with van der Waals surface area (Å²) in [5, 5.41) is 16.1. The molecule has 6 nitrogen and oxygen atoms in total. The van der Waals surface area contributed by atoms with Crippen LogP contribution in [0.25, 0.3) is 5.69 Å². The van der Waals surface area contributed by atoms with Crippen LogP contribution in [0.15, 0.2) is 79.4 Å². The molecule has 0 amide bonds. The largest absolute Gasteiger partial charge is 0.306 e. The predicted molar refractivity (Wildman–Crippen MR) is 99.7 cm³/mol. The molecule has 0 bridgehead atoms. The second-order valence-corrected chi connectivity index (χ2v) is 6.09. The van der Waals surface area contributed by atoms with E-state index in [1.165, 1.54) is 5.56 Å². The summed E-state index contributed by atoms with van der Waals surface area (Å²) >= 11 is 0. The summed E-state index contributed by atoms with van der Waals surface area (Å²) in [6, 6.07) is 20.4. The molecule has 0 radical (unpaired) electrons. The first-order chi connectivity index (χ1) is 12.9. The minimum Gasteiger partial charge on any atom is -0.306 e. The van der Waals surface area contributed by atoms with Gasteiger partial charge in [0.15, 0.2) is 5.82 Å². The van der Waals surface area contributed by atoms with Gasteiger partial charge >= 0.3 is 0 Å². The van der Waals surface area contributed by atoms with Crippen LogP contribution in [0.2, 0.25) is 0 Å². The molecule has 130 valence electrons. The van der Waals surface area contributed by atoms with Crippen LogP contribution >= 0.6 is 0 Å². The fourth-order valence-corrected chi connectivity index (χ4v) is 2.86. The molecule has 2 aromatic carbocycles. The van der Waals surface area contributed by atoms with E-state index in [1.54, 1.807) is 6.33 Å². The first-order valence-corrected chi connectivity index (χ1v) is 8.59. The summed E-state index contributed by atoms with van der Waals surface area (Å²) in [5.41, 5.74) is 3.45. The van der Waals surface area contributed by atoms with E-state index in [-0.39, 0.29) is 0 Å². The van der Waals surface area contributed by atoms with E-state index in [1.807, 2.05) is 64.0 Å². The molecular formula is C20H20N6. The van der Waals surface area contributed by atoms with E-state index in [2.05, 4.69) is 38.9 Å².